The largest absolute Gasteiger partial charge is 0.460 e. The lowest BCUT2D eigenvalue weighted by molar-refractivity contribution is -0.287. The van der Waals surface area contributed by atoms with Crippen molar-refractivity contribution in [3.63, 3.8) is 0 Å². The highest BCUT2D eigenvalue weighted by Crippen LogP contribution is 2.19. The van der Waals surface area contributed by atoms with Crippen molar-refractivity contribution in [1.29, 1.82) is 0 Å². The summed E-state index contributed by atoms with van der Waals surface area (Å²) in [4.78, 5) is 10.7. The summed E-state index contributed by atoms with van der Waals surface area (Å²) in [6.45, 7) is 2.81. The zero-order chi connectivity index (χ0) is 12.3. The van der Waals surface area contributed by atoms with Gasteiger partial charge in [-0.05, 0) is 0 Å². The first kappa shape index (κ1) is 13.1. The van der Waals surface area contributed by atoms with E-state index in [4.69, 9.17) is 14.9 Å². The Balaban J connectivity index is 2.53. The minimum atomic E-state index is -1.63. The first-order valence-corrected chi connectivity index (χ1v) is 4.64. The number of aliphatic hydroxyl groups is 4. The standard InChI is InChI=1S/C9H14O7/c1-2-5(10)15-3-4-6(11)7(12)8(13)9(14)16-4/h2,4,6-9,11-14H,1,3H2/t4?,6-,7?,8-,9+/m1/s1. The Kier molecular flexibility index (Phi) is 4.39. The Morgan fingerprint density at radius 3 is 2.44 bits per heavy atom. The van der Waals surface area contributed by atoms with Gasteiger partial charge in [0, 0.05) is 6.08 Å². The number of aliphatic hydroxyl groups excluding tert-OH is 4. The molecule has 0 bridgehead atoms. The van der Waals surface area contributed by atoms with Crippen LogP contribution in [0.5, 0.6) is 0 Å². The van der Waals surface area contributed by atoms with Crippen molar-refractivity contribution in [3.05, 3.63) is 12.7 Å². The van der Waals surface area contributed by atoms with E-state index in [1.54, 1.807) is 0 Å². The molecular formula is C9H14O7. The Morgan fingerprint density at radius 2 is 1.88 bits per heavy atom. The second-order valence-electron chi connectivity index (χ2n) is 3.37. The average Bonchev–Trinajstić information content (AvgIpc) is 2.28. The maximum atomic E-state index is 10.7. The minimum absolute atomic E-state index is 0.354. The van der Waals surface area contributed by atoms with Crippen LogP contribution >= 0.6 is 0 Å². The molecule has 0 spiro atoms. The Labute approximate surface area is 91.5 Å². The third-order valence-corrected chi connectivity index (χ3v) is 2.24. The lowest BCUT2D eigenvalue weighted by Crippen LogP contribution is -2.58. The van der Waals surface area contributed by atoms with Gasteiger partial charge in [-0.3, -0.25) is 0 Å². The molecular weight excluding hydrogens is 220 g/mol. The van der Waals surface area contributed by atoms with Crippen molar-refractivity contribution in [2.45, 2.75) is 30.7 Å². The molecule has 5 atom stereocenters. The Morgan fingerprint density at radius 1 is 1.25 bits per heavy atom. The number of hydrogen-bond acceptors (Lipinski definition) is 7. The van der Waals surface area contributed by atoms with Gasteiger partial charge in [0.1, 0.15) is 31.0 Å². The molecule has 2 unspecified atom stereocenters. The predicted octanol–water partition coefficient (Wildman–Crippen LogP) is -2.48. The predicted molar refractivity (Wildman–Crippen MR) is 50.1 cm³/mol. The molecule has 16 heavy (non-hydrogen) atoms. The van der Waals surface area contributed by atoms with Crippen molar-refractivity contribution >= 4 is 5.97 Å². The van der Waals surface area contributed by atoms with Gasteiger partial charge in [0.15, 0.2) is 6.29 Å². The Hall–Kier alpha value is -0.990. The van der Waals surface area contributed by atoms with Gasteiger partial charge >= 0.3 is 5.97 Å². The molecule has 1 heterocycles. The molecule has 0 radical (unpaired) electrons. The zero-order valence-electron chi connectivity index (χ0n) is 8.39. The van der Waals surface area contributed by atoms with Gasteiger partial charge in [-0.15, -0.1) is 0 Å². The van der Waals surface area contributed by atoms with Gasteiger partial charge in [-0.25, -0.2) is 4.79 Å². The summed E-state index contributed by atoms with van der Waals surface area (Å²) >= 11 is 0. The Bertz CT molecular complexity index is 267. The fraction of sp³-hybridized carbons (Fsp3) is 0.667. The van der Waals surface area contributed by atoms with E-state index < -0.39 is 36.7 Å². The summed E-state index contributed by atoms with van der Waals surface area (Å²) in [5, 5.41) is 37.1. The van der Waals surface area contributed by atoms with Crippen LogP contribution in [0.25, 0.3) is 0 Å². The fourth-order valence-corrected chi connectivity index (χ4v) is 1.29. The van der Waals surface area contributed by atoms with Crippen LogP contribution in [0, 0.1) is 0 Å². The lowest BCUT2D eigenvalue weighted by atomic mass is 9.99. The SMILES string of the molecule is C=CC(=O)OCC1O[C@H](O)[C@H](O)C(O)[C@@H]1O. The molecule has 1 rings (SSSR count). The van der Waals surface area contributed by atoms with E-state index in [0.717, 1.165) is 6.08 Å². The van der Waals surface area contributed by atoms with E-state index in [1.807, 2.05) is 0 Å². The van der Waals surface area contributed by atoms with Crippen molar-refractivity contribution in [2.75, 3.05) is 6.61 Å². The van der Waals surface area contributed by atoms with Crippen molar-refractivity contribution < 1.29 is 34.7 Å². The quantitative estimate of drug-likeness (QED) is 0.315. The number of carbonyl (C=O) groups excluding carboxylic acids is 1. The maximum Gasteiger partial charge on any atom is 0.330 e. The van der Waals surface area contributed by atoms with Gasteiger partial charge in [-0.1, -0.05) is 6.58 Å². The first-order valence-electron chi connectivity index (χ1n) is 4.64. The molecule has 4 N–H and O–H groups in total. The van der Waals surface area contributed by atoms with Crippen molar-refractivity contribution in [1.82, 2.24) is 0 Å². The molecule has 0 aromatic rings. The van der Waals surface area contributed by atoms with Crippen LogP contribution in [0.4, 0.5) is 0 Å². The second kappa shape index (κ2) is 5.37. The molecule has 0 amide bonds. The topological polar surface area (TPSA) is 116 Å². The van der Waals surface area contributed by atoms with E-state index in [-0.39, 0.29) is 6.61 Å². The van der Waals surface area contributed by atoms with Crippen LogP contribution in [0.1, 0.15) is 0 Å². The monoisotopic (exact) mass is 234 g/mol. The van der Waals surface area contributed by atoms with Gasteiger partial charge < -0.3 is 29.9 Å². The normalized spacial score (nSPS) is 39.1. The molecule has 1 fully saturated rings. The van der Waals surface area contributed by atoms with E-state index in [2.05, 4.69) is 11.3 Å². The van der Waals surface area contributed by atoms with Crippen LogP contribution in [0.2, 0.25) is 0 Å². The number of ether oxygens (including phenoxy) is 2. The molecule has 7 nitrogen and oxygen atoms in total. The number of esters is 1. The molecule has 0 aliphatic carbocycles. The van der Waals surface area contributed by atoms with E-state index in [1.165, 1.54) is 0 Å². The van der Waals surface area contributed by atoms with Crippen molar-refractivity contribution in [2.24, 2.45) is 0 Å². The van der Waals surface area contributed by atoms with E-state index in [9.17, 15) is 15.0 Å². The summed E-state index contributed by atoms with van der Waals surface area (Å²) in [5.41, 5.74) is 0. The van der Waals surface area contributed by atoms with E-state index in [0.29, 0.717) is 0 Å². The summed E-state index contributed by atoms with van der Waals surface area (Å²) < 4.78 is 9.35. The summed E-state index contributed by atoms with van der Waals surface area (Å²) in [7, 11) is 0. The molecule has 0 aromatic carbocycles. The molecule has 92 valence electrons. The highest BCUT2D eigenvalue weighted by Gasteiger charge is 2.43. The second-order valence-corrected chi connectivity index (χ2v) is 3.37. The summed E-state index contributed by atoms with van der Waals surface area (Å²) in [6.07, 6.45) is -6.41. The fourth-order valence-electron chi connectivity index (χ4n) is 1.29. The van der Waals surface area contributed by atoms with Crippen LogP contribution in [0.3, 0.4) is 0 Å². The number of carbonyl (C=O) groups is 1. The third-order valence-electron chi connectivity index (χ3n) is 2.24. The minimum Gasteiger partial charge on any atom is -0.460 e. The summed E-state index contributed by atoms with van der Waals surface area (Å²) in [5.74, 6) is -0.717. The molecule has 1 aliphatic heterocycles. The molecule has 1 aliphatic rings. The molecule has 0 aromatic heterocycles. The molecule has 1 saturated heterocycles. The highest BCUT2D eigenvalue weighted by molar-refractivity contribution is 5.81. The van der Waals surface area contributed by atoms with Crippen LogP contribution in [-0.2, 0) is 14.3 Å². The molecule has 7 heteroatoms. The highest BCUT2D eigenvalue weighted by atomic mass is 16.6. The molecule has 0 saturated carbocycles. The maximum absolute atomic E-state index is 10.7. The van der Waals surface area contributed by atoms with E-state index >= 15 is 0 Å². The average molecular weight is 234 g/mol. The van der Waals surface area contributed by atoms with Gasteiger partial charge in [0.25, 0.3) is 0 Å². The lowest BCUT2D eigenvalue weighted by Gasteiger charge is -2.37. The van der Waals surface area contributed by atoms with Crippen LogP contribution in [0.15, 0.2) is 12.7 Å². The summed E-state index contributed by atoms with van der Waals surface area (Å²) in [6, 6.07) is 0. The van der Waals surface area contributed by atoms with Crippen LogP contribution in [-0.4, -0.2) is 63.7 Å². The van der Waals surface area contributed by atoms with Crippen molar-refractivity contribution in [3.8, 4) is 0 Å². The zero-order valence-corrected chi connectivity index (χ0v) is 8.39. The number of rotatable bonds is 3. The van der Waals surface area contributed by atoms with Gasteiger partial charge in [-0.2, -0.15) is 0 Å². The van der Waals surface area contributed by atoms with Crippen LogP contribution < -0.4 is 0 Å². The third kappa shape index (κ3) is 2.77. The number of hydrogen-bond donors (Lipinski definition) is 4. The van der Waals surface area contributed by atoms with Gasteiger partial charge in [0.2, 0.25) is 0 Å². The first-order chi connectivity index (χ1) is 7.47. The van der Waals surface area contributed by atoms with Gasteiger partial charge in [0.05, 0.1) is 0 Å². The smallest absolute Gasteiger partial charge is 0.330 e.